The standard InChI is InChI=1S/C20H28O6/c1-9-10-4-5-11-18-8-26-20(25,19(11,14(9)22)15(10)23)16(24)13(18)17(2,3)7-6-12(18)21/h10-13,15-16,21,23-25H,1,4-8H2,2-3H3/t10-,11?,12+,13+,15+,16-,18+,19?,20?/m0/s1. The molecule has 6 aliphatic rings. The zero-order valence-electron chi connectivity index (χ0n) is 15.3. The molecule has 2 heterocycles. The summed E-state index contributed by atoms with van der Waals surface area (Å²) in [5, 5.41) is 45.1. The molecule has 144 valence electrons. The highest BCUT2D eigenvalue weighted by Crippen LogP contribution is 2.76. The maximum absolute atomic E-state index is 13.3. The van der Waals surface area contributed by atoms with Gasteiger partial charge in [-0.3, -0.25) is 4.79 Å². The molecule has 0 aromatic carbocycles. The van der Waals surface area contributed by atoms with Crippen molar-refractivity contribution in [3.63, 3.8) is 0 Å². The highest BCUT2D eigenvalue weighted by molar-refractivity contribution is 6.05. The monoisotopic (exact) mass is 364 g/mol. The fourth-order valence-electron chi connectivity index (χ4n) is 7.90. The number of hydrogen-bond acceptors (Lipinski definition) is 6. The Labute approximate surface area is 152 Å². The second-order valence-electron chi connectivity index (χ2n) is 9.97. The zero-order chi connectivity index (χ0) is 18.9. The summed E-state index contributed by atoms with van der Waals surface area (Å²) < 4.78 is 5.80. The van der Waals surface area contributed by atoms with E-state index in [4.69, 9.17) is 4.74 Å². The van der Waals surface area contributed by atoms with E-state index in [0.29, 0.717) is 24.8 Å². The van der Waals surface area contributed by atoms with Gasteiger partial charge in [-0.05, 0) is 42.6 Å². The summed E-state index contributed by atoms with van der Waals surface area (Å²) in [7, 11) is 0. The van der Waals surface area contributed by atoms with Crippen LogP contribution in [0.5, 0.6) is 0 Å². The molecule has 6 nitrogen and oxygen atoms in total. The van der Waals surface area contributed by atoms with E-state index in [-0.39, 0.29) is 12.0 Å². The summed E-state index contributed by atoms with van der Waals surface area (Å²) in [4.78, 5) is 13.3. The fourth-order valence-corrected chi connectivity index (χ4v) is 7.90. The van der Waals surface area contributed by atoms with Crippen LogP contribution in [0, 0.1) is 34.0 Å². The molecule has 4 N–H and O–H groups in total. The number of aliphatic hydroxyl groups excluding tert-OH is 3. The van der Waals surface area contributed by atoms with E-state index in [1.165, 1.54) is 0 Å². The number of carbonyl (C=O) groups is 1. The molecule has 2 aliphatic heterocycles. The summed E-state index contributed by atoms with van der Waals surface area (Å²) in [6, 6.07) is 0. The molecule has 4 bridgehead atoms. The number of hydrogen-bond donors (Lipinski definition) is 4. The van der Waals surface area contributed by atoms with Crippen molar-refractivity contribution < 1.29 is 30.0 Å². The average Bonchev–Trinajstić information content (AvgIpc) is 2.69. The van der Waals surface area contributed by atoms with Crippen LogP contribution >= 0.6 is 0 Å². The molecule has 26 heavy (non-hydrogen) atoms. The van der Waals surface area contributed by atoms with Crippen LogP contribution in [0.15, 0.2) is 12.2 Å². The minimum Gasteiger partial charge on any atom is -0.392 e. The van der Waals surface area contributed by atoms with Gasteiger partial charge in [0.25, 0.3) is 0 Å². The second kappa shape index (κ2) is 4.61. The molecule has 3 unspecified atom stereocenters. The first-order chi connectivity index (χ1) is 12.1. The van der Waals surface area contributed by atoms with Gasteiger partial charge in [0.15, 0.2) is 5.78 Å². The lowest BCUT2D eigenvalue weighted by Crippen LogP contribution is -2.85. The van der Waals surface area contributed by atoms with Gasteiger partial charge in [-0.2, -0.15) is 0 Å². The van der Waals surface area contributed by atoms with Crippen molar-refractivity contribution >= 4 is 5.78 Å². The van der Waals surface area contributed by atoms with E-state index in [1.807, 2.05) is 13.8 Å². The van der Waals surface area contributed by atoms with Crippen LogP contribution in [-0.4, -0.2) is 56.9 Å². The summed E-state index contributed by atoms with van der Waals surface area (Å²) in [5.41, 5.74) is -2.49. The highest BCUT2D eigenvalue weighted by Gasteiger charge is 2.86. The maximum atomic E-state index is 13.3. The van der Waals surface area contributed by atoms with E-state index < -0.39 is 58.5 Å². The molecule has 9 atom stereocenters. The molecule has 0 amide bonds. The number of ketones is 1. The molecular formula is C20H28O6. The van der Waals surface area contributed by atoms with Crippen molar-refractivity contribution in [1.29, 1.82) is 0 Å². The smallest absolute Gasteiger partial charge is 0.208 e. The molecule has 4 aliphatic carbocycles. The zero-order valence-corrected chi connectivity index (χ0v) is 15.3. The number of carbonyl (C=O) groups excluding carboxylic acids is 1. The molecule has 4 saturated carbocycles. The van der Waals surface area contributed by atoms with Gasteiger partial charge in [-0.1, -0.05) is 20.4 Å². The molecule has 0 radical (unpaired) electrons. The van der Waals surface area contributed by atoms with Crippen LogP contribution in [0.4, 0.5) is 0 Å². The van der Waals surface area contributed by atoms with Gasteiger partial charge in [-0.25, -0.2) is 0 Å². The highest BCUT2D eigenvalue weighted by atomic mass is 16.6. The lowest BCUT2D eigenvalue weighted by Gasteiger charge is -2.74. The number of fused-ring (bicyclic) bond motifs is 2. The summed E-state index contributed by atoms with van der Waals surface area (Å²) in [6.07, 6.45) is -0.747. The van der Waals surface area contributed by atoms with Crippen molar-refractivity contribution in [3.05, 3.63) is 12.2 Å². The Bertz CT molecular complexity index is 717. The molecule has 0 aromatic heterocycles. The van der Waals surface area contributed by atoms with Crippen LogP contribution in [0.25, 0.3) is 0 Å². The average molecular weight is 364 g/mol. The Morgan fingerprint density at radius 2 is 1.81 bits per heavy atom. The van der Waals surface area contributed by atoms with Crippen molar-refractivity contribution in [2.75, 3.05) is 6.61 Å². The Morgan fingerprint density at radius 3 is 2.50 bits per heavy atom. The van der Waals surface area contributed by atoms with E-state index in [1.54, 1.807) is 0 Å². The first-order valence-corrected chi connectivity index (χ1v) is 9.71. The van der Waals surface area contributed by atoms with Crippen molar-refractivity contribution in [2.24, 2.45) is 34.0 Å². The van der Waals surface area contributed by atoms with Gasteiger partial charge in [0.2, 0.25) is 5.79 Å². The number of aliphatic hydroxyl groups is 4. The third kappa shape index (κ3) is 1.41. The Morgan fingerprint density at radius 1 is 1.12 bits per heavy atom. The van der Waals surface area contributed by atoms with Gasteiger partial charge in [0.1, 0.15) is 11.5 Å². The predicted molar refractivity (Wildman–Crippen MR) is 90.7 cm³/mol. The molecular weight excluding hydrogens is 336 g/mol. The van der Waals surface area contributed by atoms with Crippen LogP contribution in [0.3, 0.4) is 0 Å². The maximum Gasteiger partial charge on any atom is 0.208 e. The predicted octanol–water partition coefficient (Wildman–Crippen LogP) is 0.376. The number of rotatable bonds is 0. The number of ether oxygens (including phenoxy) is 1. The fraction of sp³-hybridized carbons (Fsp3) is 0.850. The second-order valence-corrected chi connectivity index (χ2v) is 9.97. The summed E-state index contributed by atoms with van der Waals surface area (Å²) in [6.45, 7) is 8.07. The quantitative estimate of drug-likeness (QED) is 0.463. The van der Waals surface area contributed by atoms with Crippen LogP contribution in [0.1, 0.15) is 39.5 Å². The minimum atomic E-state index is -2.15. The summed E-state index contributed by atoms with van der Waals surface area (Å²) >= 11 is 0. The van der Waals surface area contributed by atoms with Crippen molar-refractivity contribution in [3.8, 4) is 0 Å². The molecule has 2 spiro atoms. The third-order valence-electron chi connectivity index (χ3n) is 8.88. The lowest BCUT2D eigenvalue weighted by molar-refractivity contribution is -0.458. The van der Waals surface area contributed by atoms with Crippen LogP contribution in [0.2, 0.25) is 0 Å². The molecule has 0 aromatic rings. The van der Waals surface area contributed by atoms with Gasteiger partial charge in [-0.15, -0.1) is 0 Å². The van der Waals surface area contributed by atoms with E-state index in [2.05, 4.69) is 6.58 Å². The van der Waals surface area contributed by atoms with Crippen LogP contribution in [-0.2, 0) is 9.53 Å². The van der Waals surface area contributed by atoms with Gasteiger partial charge >= 0.3 is 0 Å². The molecule has 6 heteroatoms. The molecule has 6 rings (SSSR count). The lowest BCUT2D eigenvalue weighted by atomic mass is 9.35. The topological polar surface area (TPSA) is 107 Å². The SMILES string of the molecule is C=C1C(=O)C23C(CC[C@@H]1[C@H]2O)[C@@]12COC3(O)[C@@H](O)[C@@H]1C(C)(C)CC[C@H]2O. The van der Waals surface area contributed by atoms with E-state index >= 15 is 0 Å². The van der Waals surface area contributed by atoms with Crippen molar-refractivity contribution in [2.45, 2.75) is 63.6 Å². The van der Waals surface area contributed by atoms with Gasteiger partial charge < -0.3 is 25.2 Å². The summed E-state index contributed by atoms with van der Waals surface area (Å²) in [5.74, 6) is -3.80. The Kier molecular flexibility index (Phi) is 3.07. The van der Waals surface area contributed by atoms with Crippen LogP contribution < -0.4 is 0 Å². The first-order valence-electron chi connectivity index (χ1n) is 9.71. The molecule has 6 fully saturated rings. The first kappa shape index (κ1) is 17.3. The normalized spacial score (nSPS) is 59.9. The van der Waals surface area contributed by atoms with Crippen molar-refractivity contribution in [1.82, 2.24) is 0 Å². The van der Waals surface area contributed by atoms with Gasteiger partial charge in [0.05, 0.1) is 18.8 Å². The van der Waals surface area contributed by atoms with Gasteiger partial charge in [0, 0.05) is 17.3 Å². The Balaban J connectivity index is 1.81. The number of Topliss-reactive ketones (excluding diaryl/α,β-unsaturated/α-hetero) is 1. The third-order valence-corrected chi connectivity index (χ3v) is 8.88. The Hall–Kier alpha value is -0.790. The largest absolute Gasteiger partial charge is 0.392 e. The van der Waals surface area contributed by atoms with E-state index in [9.17, 15) is 25.2 Å². The van der Waals surface area contributed by atoms with E-state index in [0.717, 1.165) is 6.42 Å². The minimum absolute atomic E-state index is 0.0966. The molecule has 2 saturated heterocycles.